The molecule has 20 heavy (non-hydrogen) atoms. The number of benzene rings is 2. The van der Waals surface area contributed by atoms with E-state index in [1.807, 2.05) is 24.3 Å². The van der Waals surface area contributed by atoms with E-state index in [0.29, 0.717) is 0 Å². The molecule has 0 heterocycles. The van der Waals surface area contributed by atoms with E-state index in [1.165, 1.54) is 6.07 Å². The van der Waals surface area contributed by atoms with Crippen LogP contribution in [-0.2, 0) is 16.6 Å². The van der Waals surface area contributed by atoms with Crippen molar-refractivity contribution in [2.24, 2.45) is 0 Å². The summed E-state index contributed by atoms with van der Waals surface area (Å²) in [6.07, 6.45) is 0. The fourth-order valence-corrected chi connectivity index (χ4v) is 4.06. The topological polar surface area (TPSA) is 46.2 Å². The molecule has 2 rings (SSSR count). The van der Waals surface area contributed by atoms with E-state index in [2.05, 4.69) is 36.6 Å². The smallest absolute Gasteiger partial charge is 0.207 e. The van der Waals surface area contributed by atoms with Gasteiger partial charge >= 0.3 is 0 Å². The lowest BCUT2D eigenvalue weighted by molar-refractivity contribution is 0.579. The van der Waals surface area contributed by atoms with Gasteiger partial charge in [0.15, 0.2) is 0 Å². The third kappa shape index (κ3) is 3.66. The Morgan fingerprint density at radius 1 is 1.05 bits per heavy atom. The van der Waals surface area contributed by atoms with Crippen molar-refractivity contribution in [3.8, 4) is 0 Å². The SMILES string of the molecule is O=S(=O)(NCc1ccccc1Br)c1ccc(F)cc1Br. The minimum absolute atomic E-state index is 0.00551. The molecule has 0 bridgehead atoms. The van der Waals surface area contributed by atoms with Gasteiger partial charge in [0.2, 0.25) is 10.0 Å². The van der Waals surface area contributed by atoms with Crippen LogP contribution in [0.15, 0.2) is 56.3 Å². The monoisotopic (exact) mass is 421 g/mol. The molecular weight excluding hydrogens is 413 g/mol. The summed E-state index contributed by atoms with van der Waals surface area (Å²) in [6, 6.07) is 10.8. The van der Waals surface area contributed by atoms with Crippen LogP contribution in [0.2, 0.25) is 0 Å². The van der Waals surface area contributed by atoms with Gasteiger partial charge in [0.25, 0.3) is 0 Å². The number of rotatable bonds is 4. The third-order valence-corrected chi connectivity index (χ3v) is 5.75. The second kappa shape index (κ2) is 6.34. The van der Waals surface area contributed by atoms with Gasteiger partial charge in [-0.1, -0.05) is 34.1 Å². The maximum Gasteiger partial charge on any atom is 0.241 e. The minimum Gasteiger partial charge on any atom is -0.207 e. The Balaban J connectivity index is 2.22. The quantitative estimate of drug-likeness (QED) is 0.813. The van der Waals surface area contributed by atoms with Gasteiger partial charge in [-0.2, -0.15) is 0 Å². The van der Waals surface area contributed by atoms with Crippen molar-refractivity contribution in [3.63, 3.8) is 0 Å². The van der Waals surface area contributed by atoms with E-state index in [1.54, 1.807) is 0 Å². The fraction of sp³-hybridized carbons (Fsp3) is 0.0769. The lowest BCUT2D eigenvalue weighted by Crippen LogP contribution is -2.23. The van der Waals surface area contributed by atoms with Crippen molar-refractivity contribution in [1.29, 1.82) is 0 Å². The van der Waals surface area contributed by atoms with Crippen LogP contribution in [0.4, 0.5) is 4.39 Å². The molecule has 0 saturated carbocycles. The van der Waals surface area contributed by atoms with Crippen LogP contribution < -0.4 is 4.72 Å². The zero-order valence-corrected chi connectivity index (χ0v) is 14.1. The summed E-state index contributed by atoms with van der Waals surface area (Å²) in [4.78, 5) is 0.00551. The molecule has 0 aliphatic heterocycles. The van der Waals surface area contributed by atoms with E-state index in [4.69, 9.17) is 0 Å². The van der Waals surface area contributed by atoms with Gasteiger partial charge in [0.05, 0.1) is 4.90 Å². The first-order valence-electron chi connectivity index (χ1n) is 5.58. The summed E-state index contributed by atoms with van der Waals surface area (Å²) in [7, 11) is -3.71. The molecule has 0 aromatic heterocycles. The molecule has 2 aromatic carbocycles. The second-order valence-corrected chi connectivity index (χ2v) is 7.43. The van der Waals surface area contributed by atoms with E-state index in [0.717, 1.165) is 22.2 Å². The highest BCUT2D eigenvalue weighted by atomic mass is 79.9. The van der Waals surface area contributed by atoms with Crippen LogP contribution in [0.25, 0.3) is 0 Å². The Morgan fingerprint density at radius 2 is 1.75 bits per heavy atom. The molecule has 0 aliphatic rings. The zero-order valence-electron chi connectivity index (χ0n) is 10.1. The molecule has 3 nitrogen and oxygen atoms in total. The molecule has 0 aliphatic carbocycles. The van der Waals surface area contributed by atoms with E-state index < -0.39 is 15.8 Å². The summed E-state index contributed by atoms with van der Waals surface area (Å²) >= 11 is 6.41. The first-order valence-corrected chi connectivity index (χ1v) is 8.65. The van der Waals surface area contributed by atoms with Crippen molar-refractivity contribution in [2.45, 2.75) is 11.4 Å². The number of hydrogen-bond donors (Lipinski definition) is 1. The Kier molecular flexibility index (Phi) is 4.95. The van der Waals surface area contributed by atoms with E-state index in [9.17, 15) is 12.8 Å². The fourth-order valence-electron chi connectivity index (χ4n) is 1.59. The first kappa shape index (κ1) is 15.6. The summed E-state index contributed by atoms with van der Waals surface area (Å²) in [6.45, 7) is 0.146. The maximum absolute atomic E-state index is 13.0. The van der Waals surface area contributed by atoms with Gasteiger partial charge in [0, 0.05) is 15.5 Å². The molecule has 0 radical (unpaired) electrons. The third-order valence-electron chi connectivity index (χ3n) is 2.59. The lowest BCUT2D eigenvalue weighted by atomic mass is 10.2. The van der Waals surface area contributed by atoms with E-state index in [-0.39, 0.29) is 15.9 Å². The van der Waals surface area contributed by atoms with Crippen LogP contribution in [0.3, 0.4) is 0 Å². The molecule has 1 N–H and O–H groups in total. The van der Waals surface area contributed by atoms with Gasteiger partial charge in [-0.05, 0) is 45.8 Å². The first-order chi connectivity index (χ1) is 9.40. The summed E-state index contributed by atoms with van der Waals surface area (Å²) in [5, 5.41) is 0. The molecule has 7 heteroatoms. The highest BCUT2D eigenvalue weighted by Gasteiger charge is 2.18. The van der Waals surface area contributed by atoms with Crippen LogP contribution in [0.5, 0.6) is 0 Å². The summed E-state index contributed by atoms with van der Waals surface area (Å²) in [5.41, 5.74) is 0.814. The Labute approximate surface area is 133 Å². The molecule has 106 valence electrons. The molecule has 0 unspecified atom stereocenters. The molecule has 2 aromatic rings. The van der Waals surface area contributed by atoms with Crippen LogP contribution in [0.1, 0.15) is 5.56 Å². The number of hydrogen-bond acceptors (Lipinski definition) is 2. The molecule has 0 amide bonds. The van der Waals surface area contributed by atoms with Crippen molar-refractivity contribution in [3.05, 3.63) is 62.8 Å². The Bertz CT molecular complexity index is 735. The van der Waals surface area contributed by atoms with Gasteiger partial charge < -0.3 is 0 Å². The number of nitrogens with one attached hydrogen (secondary N) is 1. The molecular formula is C13H10Br2FNO2S. The van der Waals surface area contributed by atoms with Crippen molar-refractivity contribution in [1.82, 2.24) is 4.72 Å². The van der Waals surface area contributed by atoms with Crippen molar-refractivity contribution in [2.75, 3.05) is 0 Å². The highest BCUT2D eigenvalue weighted by Crippen LogP contribution is 2.23. The second-order valence-electron chi connectivity index (χ2n) is 3.99. The Hall–Kier alpha value is -0.760. The minimum atomic E-state index is -3.71. The molecule has 0 fully saturated rings. The van der Waals surface area contributed by atoms with Gasteiger partial charge in [0.1, 0.15) is 5.82 Å². The largest absolute Gasteiger partial charge is 0.241 e. The van der Waals surface area contributed by atoms with Gasteiger partial charge in [-0.15, -0.1) is 0 Å². The van der Waals surface area contributed by atoms with Crippen LogP contribution >= 0.6 is 31.9 Å². The molecule has 0 atom stereocenters. The number of sulfonamides is 1. The van der Waals surface area contributed by atoms with Gasteiger partial charge in [-0.25, -0.2) is 17.5 Å². The molecule has 0 saturated heterocycles. The zero-order chi connectivity index (χ0) is 14.8. The van der Waals surface area contributed by atoms with Gasteiger partial charge in [-0.3, -0.25) is 0 Å². The number of halogens is 3. The van der Waals surface area contributed by atoms with Crippen LogP contribution in [-0.4, -0.2) is 8.42 Å². The maximum atomic E-state index is 13.0. The summed E-state index contributed by atoms with van der Waals surface area (Å²) in [5.74, 6) is -0.498. The van der Waals surface area contributed by atoms with Crippen molar-refractivity contribution < 1.29 is 12.8 Å². The lowest BCUT2D eigenvalue weighted by Gasteiger charge is -2.09. The summed E-state index contributed by atoms with van der Waals surface area (Å²) < 4.78 is 40.8. The Morgan fingerprint density at radius 3 is 2.40 bits per heavy atom. The average Bonchev–Trinajstić information content (AvgIpc) is 2.37. The molecule has 0 spiro atoms. The van der Waals surface area contributed by atoms with Crippen LogP contribution in [0, 0.1) is 5.82 Å². The predicted molar refractivity (Wildman–Crippen MR) is 82.3 cm³/mol. The predicted octanol–water partition coefficient (Wildman–Crippen LogP) is 3.83. The highest BCUT2D eigenvalue weighted by molar-refractivity contribution is 9.10. The standard InChI is InChI=1S/C13H10Br2FNO2S/c14-11-4-2-1-3-9(11)8-17-20(18,19)13-6-5-10(16)7-12(13)15/h1-7,17H,8H2. The average molecular weight is 423 g/mol. The normalized spacial score (nSPS) is 11.6. The van der Waals surface area contributed by atoms with Crippen molar-refractivity contribution >= 4 is 41.9 Å². The van der Waals surface area contributed by atoms with E-state index >= 15 is 0 Å².